The largest absolute Gasteiger partial charge is 0.493 e. The Labute approximate surface area is 150 Å². The minimum Gasteiger partial charge on any atom is -0.493 e. The number of methoxy groups -OCH3 is 2. The van der Waals surface area contributed by atoms with E-state index >= 15 is 0 Å². The van der Waals surface area contributed by atoms with Crippen molar-refractivity contribution in [2.45, 2.75) is 6.92 Å². The minimum atomic E-state index is -0.441. The minimum absolute atomic E-state index is 0.362. The second-order valence-electron chi connectivity index (χ2n) is 5.25. The van der Waals surface area contributed by atoms with E-state index in [1.54, 1.807) is 48.3 Å². The molecule has 9 nitrogen and oxygen atoms in total. The molecule has 9 heteroatoms. The smallest absolute Gasteiger partial charge is 0.324 e. The van der Waals surface area contributed by atoms with Gasteiger partial charge in [-0.25, -0.2) is 19.7 Å². The number of urea groups is 1. The lowest BCUT2D eigenvalue weighted by atomic mass is 10.3. The Morgan fingerprint density at radius 2 is 1.85 bits per heavy atom. The first-order valence-corrected chi connectivity index (χ1v) is 7.73. The number of aryl methyl sites for hydroxylation is 1. The molecule has 1 aromatic carbocycles. The van der Waals surface area contributed by atoms with Gasteiger partial charge in [0.1, 0.15) is 23.8 Å². The summed E-state index contributed by atoms with van der Waals surface area (Å²) < 4.78 is 12.2. The summed E-state index contributed by atoms with van der Waals surface area (Å²) in [5.41, 5.74) is 0.555. The molecule has 0 saturated carbocycles. The summed E-state index contributed by atoms with van der Waals surface area (Å²) in [6, 6.07) is 6.30. The van der Waals surface area contributed by atoms with E-state index in [0.29, 0.717) is 28.8 Å². The molecule has 3 rings (SSSR count). The molecule has 2 amide bonds. The number of imidazole rings is 1. The summed E-state index contributed by atoms with van der Waals surface area (Å²) in [6.45, 7) is 1.86. The average Bonchev–Trinajstić information content (AvgIpc) is 3.07. The van der Waals surface area contributed by atoms with Gasteiger partial charge in [0, 0.05) is 30.2 Å². The standard InChI is InChI=1S/C17H18N6O3/c1-11-18-6-7-23(11)16-9-15(19-10-20-16)22-17(24)21-12-4-5-13(25-2)14(8-12)26-3/h4-10H,1-3H3,(H2,19,20,21,22,24). The Morgan fingerprint density at radius 1 is 1.04 bits per heavy atom. The third-order valence-corrected chi connectivity index (χ3v) is 3.61. The summed E-state index contributed by atoms with van der Waals surface area (Å²) >= 11 is 0. The van der Waals surface area contributed by atoms with Crippen LogP contribution in [0.5, 0.6) is 11.5 Å². The molecule has 2 N–H and O–H groups in total. The van der Waals surface area contributed by atoms with Crippen molar-refractivity contribution in [2.24, 2.45) is 0 Å². The maximum absolute atomic E-state index is 12.2. The Kier molecular flexibility index (Phi) is 4.97. The maximum atomic E-state index is 12.2. The van der Waals surface area contributed by atoms with Crippen LogP contribution in [0.4, 0.5) is 16.3 Å². The molecule has 0 aliphatic heterocycles. The number of aromatic nitrogens is 4. The van der Waals surface area contributed by atoms with Gasteiger partial charge in [-0.15, -0.1) is 0 Å². The molecule has 0 aliphatic rings. The highest BCUT2D eigenvalue weighted by molar-refractivity contribution is 5.99. The molecule has 2 heterocycles. The lowest BCUT2D eigenvalue weighted by molar-refractivity contribution is 0.262. The zero-order valence-electron chi connectivity index (χ0n) is 14.6. The van der Waals surface area contributed by atoms with Crippen molar-refractivity contribution >= 4 is 17.5 Å². The van der Waals surface area contributed by atoms with Crippen molar-refractivity contribution in [3.8, 4) is 17.3 Å². The SMILES string of the molecule is COc1ccc(NC(=O)Nc2cc(-n3ccnc3C)ncn2)cc1OC. The van der Waals surface area contributed by atoms with Gasteiger partial charge in [-0.2, -0.15) is 0 Å². The third-order valence-electron chi connectivity index (χ3n) is 3.61. The quantitative estimate of drug-likeness (QED) is 0.730. The molecular formula is C17H18N6O3. The molecule has 0 aliphatic carbocycles. The lowest BCUT2D eigenvalue weighted by Crippen LogP contribution is -2.20. The average molecular weight is 354 g/mol. The van der Waals surface area contributed by atoms with E-state index in [0.717, 1.165) is 5.82 Å². The Balaban J connectivity index is 1.72. The van der Waals surface area contributed by atoms with Gasteiger partial charge in [-0.1, -0.05) is 0 Å². The van der Waals surface area contributed by atoms with Crippen molar-refractivity contribution in [1.29, 1.82) is 0 Å². The van der Waals surface area contributed by atoms with E-state index in [1.807, 2.05) is 6.92 Å². The van der Waals surface area contributed by atoms with Crippen LogP contribution in [0.3, 0.4) is 0 Å². The Bertz CT molecular complexity index is 924. The number of rotatable bonds is 5. The van der Waals surface area contributed by atoms with Crippen LogP contribution in [0.1, 0.15) is 5.82 Å². The van der Waals surface area contributed by atoms with Gasteiger partial charge in [0.15, 0.2) is 11.5 Å². The molecule has 134 valence electrons. The van der Waals surface area contributed by atoms with Crippen LogP contribution in [0.2, 0.25) is 0 Å². The van der Waals surface area contributed by atoms with E-state index in [2.05, 4.69) is 25.6 Å². The van der Waals surface area contributed by atoms with Gasteiger partial charge < -0.3 is 14.8 Å². The molecule has 0 saturated heterocycles. The highest BCUT2D eigenvalue weighted by Gasteiger charge is 2.09. The van der Waals surface area contributed by atoms with Crippen LogP contribution in [-0.4, -0.2) is 39.8 Å². The maximum Gasteiger partial charge on any atom is 0.324 e. The van der Waals surface area contributed by atoms with E-state index < -0.39 is 6.03 Å². The number of benzene rings is 1. The molecular weight excluding hydrogens is 336 g/mol. The Hall–Kier alpha value is -3.62. The molecule has 0 unspecified atom stereocenters. The van der Waals surface area contributed by atoms with Crippen LogP contribution >= 0.6 is 0 Å². The fraction of sp³-hybridized carbons (Fsp3) is 0.176. The summed E-state index contributed by atoms with van der Waals surface area (Å²) in [5.74, 6) is 2.85. The molecule has 0 radical (unpaired) electrons. The second kappa shape index (κ2) is 7.51. The highest BCUT2D eigenvalue weighted by atomic mass is 16.5. The predicted octanol–water partition coefficient (Wildman–Crippen LogP) is 2.63. The number of anilines is 2. The Morgan fingerprint density at radius 3 is 2.54 bits per heavy atom. The number of hydrogen-bond acceptors (Lipinski definition) is 6. The van der Waals surface area contributed by atoms with Gasteiger partial charge in [0.2, 0.25) is 0 Å². The zero-order chi connectivity index (χ0) is 18.5. The van der Waals surface area contributed by atoms with Crippen LogP contribution in [0.25, 0.3) is 5.82 Å². The summed E-state index contributed by atoms with van der Waals surface area (Å²) in [5, 5.41) is 5.39. The molecule has 0 atom stereocenters. The van der Waals surface area contributed by atoms with Crippen LogP contribution in [0, 0.1) is 6.92 Å². The normalized spacial score (nSPS) is 10.3. The second-order valence-corrected chi connectivity index (χ2v) is 5.25. The summed E-state index contributed by atoms with van der Waals surface area (Å²) in [4.78, 5) is 24.6. The zero-order valence-corrected chi connectivity index (χ0v) is 14.6. The molecule has 26 heavy (non-hydrogen) atoms. The molecule has 0 bridgehead atoms. The van der Waals surface area contributed by atoms with E-state index in [9.17, 15) is 4.79 Å². The molecule has 3 aromatic rings. The van der Waals surface area contributed by atoms with Crippen LogP contribution < -0.4 is 20.1 Å². The number of hydrogen-bond donors (Lipinski definition) is 2. The van der Waals surface area contributed by atoms with Crippen LogP contribution in [-0.2, 0) is 0 Å². The van der Waals surface area contributed by atoms with Gasteiger partial charge >= 0.3 is 6.03 Å². The van der Waals surface area contributed by atoms with Gasteiger partial charge in [0.05, 0.1) is 14.2 Å². The van der Waals surface area contributed by atoms with E-state index in [1.165, 1.54) is 13.4 Å². The molecule has 0 spiro atoms. The first kappa shape index (κ1) is 17.2. The molecule has 0 fully saturated rings. The van der Waals surface area contributed by atoms with Crippen molar-refractivity contribution in [2.75, 3.05) is 24.9 Å². The van der Waals surface area contributed by atoms with Crippen molar-refractivity contribution in [3.63, 3.8) is 0 Å². The van der Waals surface area contributed by atoms with E-state index in [-0.39, 0.29) is 0 Å². The van der Waals surface area contributed by atoms with Crippen molar-refractivity contribution in [1.82, 2.24) is 19.5 Å². The fourth-order valence-corrected chi connectivity index (χ4v) is 2.36. The topological polar surface area (TPSA) is 103 Å². The van der Waals surface area contributed by atoms with Crippen molar-refractivity contribution in [3.05, 3.63) is 48.8 Å². The number of nitrogens with zero attached hydrogens (tertiary/aromatic N) is 4. The van der Waals surface area contributed by atoms with Crippen LogP contribution in [0.15, 0.2) is 43.0 Å². The van der Waals surface area contributed by atoms with Gasteiger partial charge in [0.25, 0.3) is 0 Å². The number of carbonyl (C=O) groups is 1. The highest BCUT2D eigenvalue weighted by Crippen LogP contribution is 2.29. The molecule has 2 aromatic heterocycles. The van der Waals surface area contributed by atoms with Gasteiger partial charge in [-0.05, 0) is 19.1 Å². The van der Waals surface area contributed by atoms with E-state index in [4.69, 9.17) is 9.47 Å². The summed E-state index contributed by atoms with van der Waals surface area (Å²) in [7, 11) is 3.08. The first-order chi connectivity index (χ1) is 12.6. The fourth-order valence-electron chi connectivity index (χ4n) is 2.36. The predicted molar refractivity (Wildman–Crippen MR) is 96.1 cm³/mol. The van der Waals surface area contributed by atoms with Crippen molar-refractivity contribution < 1.29 is 14.3 Å². The summed E-state index contributed by atoms with van der Waals surface area (Å²) in [6.07, 6.45) is 4.83. The number of nitrogens with one attached hydrogen (secondary N) is 2. The first-order valence-electron chi connectivity index (χ1n) is 7.73. The number of ether oxygens (including phenoxy) is 2. The number of amides is 2. The third kappa shape index (κ3) is 3.72. The number of carbonyl (C=O) groups excluding carboxylic acids is 1. The lowest BCUT2D eigenvalue weighted by Gasteiger charge is -2.11. The monoisotopic (exact) mass is 354 g/mol. The van der Waals surface area contributed by atoms with Gasteiger partial charge in [-0.3, -0.25) is 9.88 Å².